The van der Waals surface area contributed by atoms with E-state index in [1.54, 1.807) is 12.1 Å². The number of hydrogen-bond acceptors (Lipinski definition) is 3. The van der Waals surface area contributed by atoms with Crippen LogP contribution in [-0.4, -0.2) is 13.0 Å². The molecule has 1 aromatic rings. The maximum Gasteiger partial charge on any atom is 1.00 e. The summed E-state index contributed by atoms with van der Waals surface area (Å²) in [5.74, 6) is 0. The summed E-state index contributed by atoms with van der Waals surface area (Å²) in [6.07, 6.45) is 7.02. The van der Waals surface area contributed by atoms with E-state index in [0.717, 1.165) is 18.4 Å². The first-order chi connectivity index (χ1) is 8.04. The molecule has 0 spiro atoms. The Morgan fingerprint density at radius 2 is 1.56 bits per heavy atom. The van der Waals surface area contributed by atoms with Crippen LogP contribution in [0.2, 0.25) is 0 Å². The first kappa shape index (κ1) is 18.1. The fourth-order valence-corrected chi connectivity index (χ4v) is 2.22. The van der Waals surface area contributed by atoms with Crippen LogP contribution in [0.15, 0.2) is 29.2 Å². The van der Waals surface area contributed by atoms with Gasteiger partial charge in [-0.1, -0.05) is 44.7 Å². The zero-order valence-corrected chi connectivity index (χ0v) is 14.0. The molecule has 0 aliphatic rings. The molecule has 1 rings (SSSR count). The normalized spacial score (nSPS) is 11.0. The Kier molecular flexibility index (Phi) is 9.17. The molecule has 0 N–H and O–H groups in total. The van der Waals surface area contributed by atoms with Gasteiger partial charge in [0.25, 0.3) is 0 Å². The van der Waals surface area contributed by atoms with E-state index < -0.39 is 10.1 Å². The Labute approximate surface area is 132 Å². The molecule has 0 heterocycles. The topological polar surface area (TPSA) is 57.2 Å². The molecular weight excluding hydrogens is 259 g/mol. The SMILES string of the molecule is CCCCCCCc1ccc(S(=O)(=O)[O-])cc1.[Na+]. The van der Waals surface area contributed by atoms with E-state index in [2.05, 4.69) is 6.92 Å². The largest absolute Gasteiger partial charge is 1.00 e. The van der Waals surface area contributed by atoms with Crippen molar-refractivity contribution in [2.75, 3.05) is 0 Å². The van der Waals surface area contributed by atoms with Gasteiger partial charge < -0.3 is 4.55 Å². The summed E-state index contributed by atoms with van der Waals surface area (Å²) in [4.78, 5) is -0.146. The fraction of sp³-hybridized carbons (Fsp3) is 0.538. The number of rotatable bonds is 7. The van der Waals surface area contributed by atoms with Crippen molar-refractivity contribution in [1.29, 1.82) is 0 Å². The molecule has 0 fully saturated rings. The van der Waals surface area contributed by atoms with Crippen LogP contribution in [0.3, 0.4) is 0 Å². The molecule has 0 aliphatic carbocycles. The molecule has 3 nitrogen and oxygen atoms in total. The van der Waals surface area contributed by atoms with Gasteiger partial charge in [0.1, 0.15) is 10.1 Å². The fourth-order valence-electron chi connectivity index (χ4n) is 1.76. The van der Waals surface area contributed by atoms with Crippen molar-refractivity contribution in [2.24, 2.45) is 0 Å². The predicted molar refractivity (Wildman–Crippen MR) is 66.9 cm³/mol. The van der Waals surface area contributed by atoms with Crippen LogP contribution in [-0.2, 0) is 16.5 Å². The molecule has 0 saturated carbocycles. The molecule has 0 saturated heterocycles. The van der Waals surface area contributed by atoms with E-state index in [1.165, 1.54) is 37.8 Å². The summed E-state index contributed by atoms with van der Waals surface area (Å²) in [5.41, 5.74) is 1.09. The van der Waals surface area contributed by atoms with Gasteiger partial charge in [-0.05, 0) is 30.5 Å². The minimum absolute atomic E-state index is 0. The van der Waals surface area contributed by atoms with Crippen LogP contribution < -0.4 is 29.6 Å². The number of aryl methyl sites for hydroxylation is 1. The minimum Gasteiger partial charge on any atom is -0.744 e. The number of benzene rings is 1. The van der Waals surface area contributed by atoms with E-state index >= 15 is 0 Å². The summed E-state index contributed by atoms with van der Waals surface area (Å²) in [5, 5.41) is 0. The van der Waals surface area contributed by atoms with Gasteiger partial charge in [0.15, 0.2) is 0 Å². The Bertz CT molecular complexity index is 426. The third-order valence-electron chi connectivity index (χ3n) is 2.78. The molecule has 0 unspecified atom stereocenters. The summed E-state index contributed by atoms with van der Waals surface area (Å²) >= 11 is 0. The van der Waals surface area contributed by atoms with Crippen molar-refractivity contribution in [3.05, 3.63) is 29.8 Å². The first-order valence-corrected chi connectivity index (χ1v) is 7.49. The average Bonchev–Trinajstić information content (AvgIpc) is 2.28. The third kappa shape index (κ3) is 6.90. The van der Waals surface area contributed by atoms with Crippen molar-refractivity contribution in [3.63, 3.8) is 0 Å². The Balaban J connectivity index is 0.00000289. The zero-order valence-electron chi connectivity index (χ0n) is 11.2. The van der Waals surface area contributed by atoms with Gasteiger partial charge in [-0.3, -0.25) is 0 Å². The molecule has 0 aromatic heterocycles. The van der Waals surface area contributed by atoms with Crippen LogP contribution in [0.1, 0.15) is 44.6 Å². The van der Waals surface area contributed by atoms with Crippen molar-refractivity contribution >= 4 is 10.1 Å². The quantitative estimate of drug-likeness (QED) is 0.404. The van der Waals surface area contributed by atoms with Gasteiger partial charge >= 0.3 is 29.6 Å². The second-order valence-corrected chi connectivity index (χ2v) is 5.64. The minimum atomic E-state index is -4.30. The molecule has 5 heteroatoms. The van der Waals surface area contributed by atoms with Crippen LogP contribution in [0.4, 0.5) is 0 Å². The van der Waals surface area contributed by atoms with Crippen LogP contribution in [0, 0.1) is 0 Å². The van der Waals surface area contributed by atoms with Crippen LogP contribution in [0.25, 0.3) is 0 Å². The van der Waals surface area contributed by atoms with Gasteiger partial charge in [0.05, 0.1) is 4.90 Å². The molecule has 96 valence electrons. The number of unbranched alkanes of at least 4 members (excludes halogenated alkanes) is 4. The van der Waals surface area contributed by atoms with Crippen molar-refractivity contribution < 1.29 is 42.5 Å². The Morgan fingerprint density at radius 1 is 1.00 bits per heavy atom. The second-order valence-electron chi connectivity index (χ2n) is 4.26. The van der Waals surface area contributed by atoms with Gasteiger partial charge in [-0.25, -0.2) is 8.42 Å². The molecule has 0 amide bonds. The van der Waals surface area contributed by atoms with Crippen LogP contribution >= 0.6 is 0 Å². The maximum atomic E-state index is 10.7. The van der Waals surface area contributed by atoms with Gasteiger partial charge in [0.2, 0.25) is 0 Å². The van der Waals surface area contributed by atoms with E-state index in [-0.39, 0.29) is 34.5 Å². The maximum absolute atomic E-state index is 10.7. The van der Waals surface area contributed by atoms with Crippen molar-refractivity contribution in [2.45, 2.75) is 50.3 Å². The Morgan fingerprint density at radius 3 is 2.06 bits per heavy atom. The average molecular weight is 278 g/mol. The summed E-state index contributed by atoms with van der Waals surface area (Å²) in [7, 11) is -4.30. The predicted octanol–water partition coefficient (Wildman–Crippen LogP) is 0.108. The van der Waals surface area contributed by atoms with Gasteiger partial charge in [0, 0.05) is 0 Å². The number of hydrogen-bond donors (Lipinski definition) is 0. The molecular formula is C13H19NaO3S. The molecule has 0 bridgehead atoms. The van der Waals surface area contributed by atoms with E-state index in [9.17, 15) is 13.0 Å². The van der Waals surface area contributed by atoms with E-state index in [4.69, 9.17) is 0 Å². The Hall–Kier alpha value is 0.130. The third-order valence-corrected chi connectivity index (χ3v) is 3.63. The molecule has 18 heavy (non-hydrogen) atoms. The van der Waals surface area contributed by atoms with E-state index in [1.807, 2.05) is 0 Å². The smallest absolute Gasteiger partial charge is 0.744 e. The van der Waals surface area contributed by atoms with Crippen molar-refractivity contribution in [3.8, 4) is 0 Å². The molecule has 0 atom stereocenters. The van der Waals surface area contributed by atoms with Gasteiger partial charge in [-0.2, -0.15) is 0 Å². The molecule has 0 aliphatic heterocycles. The van der Waals surface area contributed by atoms with E-state index in [0.29, 0.717) is 0 Å². The summed E-state index contributed by atoms with van der Waals surface area (Å²) < 4.78 is 32.2. The second kappa shape index (κ2) is 9.10. The van der Waals surface area contributed by atoms with Crippen molar-refractivity contribution in [1.82, 2.24) is 0 Å². The van der Waals surface area contributed by atoms with Crippen LogP contribution in [0.5, 0.6) is 0 Å². The summed E-state index contributed by atoms with van der Waals surface area (Å²) in [6, 6.07) is 6.24. The first-order valence-electron chi connectivity index (χ1n) is 6.09. The summed E-state index contributed by atoms with van der Waals surface area (Å²) in [6.45, 7) is 2.18. The monoisotopic (exact) mass is 278 g/mol. The molecule has 0 radical (unpaired) electrons. The van der Waals surface area contributed by atoms with Gasteiger partial charge in [-0.15, -0.1) is 0 Å². The zero-order chi connectivity index (χ0) is 12.7. The molecule has 1 aromatic carbocycles. The standard InChI is InChI=1S/C13H20O3S.Na/c1-2-3-4-5-6-7-12-8-10-13(11-9-12)17(14,15)16;/h8-11H,2-7H2,1H3,(H,14,15,16);/q;+1/p-1.